The van der Waals surface area contributed by atoms with Crippen LogP contribution in [0.15, 0.2) is 59.8 Å². The van der Waals surface area contributed by atoms with Gasteiger partial charge in [0.25, 0.3) is 0 Å². The molecule has 4 aromatic rings. The van der Waals surface area contributed by atoms with Crippen LogP contribution in [0.1, 0.15) is 11.1 Å². The van der Waals surface area contributed by atoms with Crippen molar-refractivity contribution in [2.45, 2.75) is 17.8 Å². The van der Waals surface area contributed by atoms with Crippen molar-refractivity contribution in [2.75, 3.05) is 0 Å². The number of benzene rings is 2. The zero-order valence-corrected chi connectivity index (χ0v) is 15.1. The van der Waals surface area contributed by atoms with Crippen LogP contribution in [0.3, 0.4) is 0 Å². The second-order valence-electron chi connectivity index (χ2n) is 5.76. The summed E-state index contributed by atoms with van der Waals surface area (Å²) in [6.45, 7) is 2.05. The minimum atomic E-state index is 0.532. The average Bonchev–Trinajstić information content (AvgIpc) is 3.10. The summed E-state index contributed by atoms with van der Waals surface area (Å²) in [6, 6.07) is 18.2. The van der Waals surface area contributed by atoms with Crippen LogP contribution < -0.4 is 0 Å². The fraction of sp³-hybridized carbons (Fsp3) is 0.105. The van der Waals surface area contributed by atoms with Crippen LogP contribution in [-0.2, 0) is 5.75 Å². The molecule has 0 bridgehead atoms. The zero-order chi connectivity index (χ0) is 17.2. The van der Waals surface area contributed by atoms with E-state index in [4.69, 9.17) is 11.6 Å². The van der Waals surface area contributed by atoms with Gasteiger partial charge in [-0.15, -0.1) is 5.10 Å². The highest BCUT2D eigenvalue weighted by Crippen LogP contribution is 2.28. The second-order valence-corrected chi connectivity index (χ2v) is 7.06. The Morgan fingerprint density at radius 1 is 1.04 bits per heavy atom. The van der Waals surface area contributed by atoms with E-state index in [1.807, 2.05) is 43.3 Å². The molecule has 0 saturated carbocycles. The minimum absolute atomic E-state index is 0.532. The molecule has 25 heavy (non-hydrogen) atoms. The smallest absolute Gasteiger partial charge is 0.209 e. The summed E-state index contributed by atoms with van der Waals surface area (Å²) >= 11 is 7.89. The summed E-state index contributed by atoms with van der Waals surface area (Å²) in [6.07, 6.45) is 0. The maximum atomic E-state index is 6.35. The summed E-state index contributed by atoms with van der Waals surface area (Å²) < 4.78 is 0. The lowest BCUT2D eigenvalue weighted by Gasteiger charge is -2.05. The molecular weight excluding hydrogens is 352 g/mol. The number of pyridine rings is 1. The van der Waals surface area contributed by atoms with E-state index in [1.54, 1.807) is 0 Å². The van der Waals surface area contributed by atoms with Gasteiger partial charge in [0.2, 0.25) is 5.16 Å². The highest BCUT2D eigenvalue weighted by atomic mass is 35.5. The van der Waals surface area contributed by atoms with Gasteiger partial charge in [-0.1, -0.05) is 65.8 Å². The fourth-order valence-corrected chi connectivity index (χ4v) is 3.64. The molecule has 0 aliphatic carbocycles. The standard InChI is InChI=1S/C19H15ClN4S/c1-12-7-8-14-10-15(17(20)21-16(14)9-12)11-25-19-22-18(23-24-19)13-5-3-2-4-6-13/h2-10H,11H2,1H3,(H,22,23,24). The van der Waals surface area contributed by atoms with Crippen molar-refractivity contribution >= 4 is 34.3 Å². The molecule has 4 nitrogen and oxygen atoms in total. The summed E-state index contributed by atoms with van der Waals surface area (Å²) in [5.74, 6) is 1.43. The molecule has 0 amide bonds. The van der Waals surface area contributed by atoms with Gasteiger partial charge in [-0.25, -0.2) is 9.97 Å². The quantitative estimate of drug-likeness (QED) is 0.394. The number of aryl methyl sites for hydroxylation is 1. The summed E-state index contributed by atoms with van der Waals surface area (Å²) in [5, 5.41) is 9.57. The van der Waals surface area contributed by atoms with Crippen molar-refractivity contribution in [1.29, 1.82) is 0 Å². The number of nitrogens with one attached hydrogen (secondary N) is 1. The molecule has 0 radical (unpaired) electrons. The van der Waals surface area contributed by atoms with Gasteiger partial charge in [-0.3, -0.25) is 5.10 Å². The zero-order valence-electron chi connectivity index (χ0n) is 13.5. The third kappa shape index (κ3) is 3.52. The molecule has 0 aliphatic heterocycles. The van der Waals surface area contributed by atoms with Crippen molar-refractivity contribution in [3.8, 4) is 11.4 Å². The van der Waals surface area contributed by atoms with E-state index in [9.17, 15) is 0 Å². The molecule has 0 spiro atoms. The number of hydrogen-bond acceptors (Lipinski definition) is 4. The molecule has 0 aliphatic rings. The van der Waals surface area contributed by atoms with E-state index >= 15 is 0 Å². The van der Waals surface area contributed by atoms with E-state index in [2.05, 4.69) is 38.4 Å². The van der Waals surface area contributed by atoms with E-state index in [1.165, 1.54) is 17.3 Å². The molecule has 6 heteroatoms. The number of aromatic nitrogens is 4. The van der Waals surface area contributed by atoms with Crippen molar-refractivity contribution in [1.82, 2.24) is 20.2 Å². The van der Waals surface area contributed by atoms with Crippen LogP contribution in [0.5, 0.6) is 0 Å². The predicted molar refractivity (Wildman–Crippen MR) is 103 cm³/mol. The Labute approximate surface area is 154 Å². The lowest BCUT2D eigenvalue weighted by atomic mass is 10.1. The first-order valence-corrected chi connectivity index (χ1v) is 9.22. The molecule has 4 rings (SSSR count). The molecule has 1 N–H and O–H groups in total. The lowest BCUT2D eigenvalue weighted by molar-refractivity contribution is 0.973. The Morgan fingerprint density at radius 2 is 1.88 bits per heavy atom. The first-order chi connectivity index (χ1) is 12.2. The number of thioether (sulfide) groups is 1. The Hall–Kier alpha value is -2.37. The maximum Gasteiger partial charge on any atom is 0.209 e. The van der Waals surface area contributed by atoms with Gasteiger partial charge in [0.05, 0.1) is 5.52 Å². The number of aromatic amines is 1. The van der Waals surface area contributed by atoms with Crippen molar-refractivity contribution < 1.29 is 0 Å². The third-order valence-corrected chi connectivity index (χ3v) is 5.09. The maximum absolute atomic E-state index is 6.35. The van der Waals surface area contributed by atoms with Crippen LogP contribution in [-0.4, -0.2) is 20.2 Å². The topological polar surface area (TPSA) is 54.5 Å². The van der Waals surface area contributed by atoms with E-state index in [0.717, 1.165) is 27.9 Å². The number of hydrogen-bond donors (Lipinski definition) is 1. The molecule has 2 heterocycles. The van der Waals surface area contributed by atoms with Crippen LogP contribution in [0.4, 0.5) is 0 Å². The fourth-order valence-electron chi connectivity index (χ4n) is 2.58. The molecule has 2 aromatic heterocycles. The monoisotopic (exact) mass is 366 g/mol. The van der Waals surface area contributed by atoms with Gasteiger partial charge in [0, 0.05) is 22.3 Å². The predicted octanol–water partition coefficient (Wildman–Crippen LogP) is 5.27. The molecule has 0 fully saturated rings. The highest BCUT2D eigenvalue weighted by Gasteiger charge is 2.10. The molecule has 124 valence electrons. The first-order valence-electron chi connectivity index (χ1n) is 7.85. The molecular formula is C19H15ClN4S. The van der Waals surface area contributed by atoms with E-state index < -0.39 is 0 Å². The Bertz CT molecular complexity index is 1030. The van der Waals surface area contributed by atoms with Crippen LogP contribution in [0.2, 0.25) is 5.15 Å². The Kier molecular flexibility index (Phi) is 4.42. The molecule has 0 atom stereocenters. The SMILES string of the molecule is Cc1ccc2cc(CSc3n[nH]c(-c4ccccc4)n3)c(Cl)nc2c1. The number of rotatable bonds is 4. The van der Waals surface area contributed by atoms with Crippen LogP contribution in [0.25, 0.3) is 22.3 Å². The van der Waals surface area contributed by atoms with Crippen LogP contribution in [0, 0.1) is 6.92 Å². The number of halogens is 1. The molecule has 0 unspecified atom stereocenters. The highest BCUT2D eigenvalue weighted by molar-refractivity contribution is 7.98. The summed E-state index contributed by atoms with van der Waals surface area (Å²) in [4.78, 5) is 9.04. The largest absolute Gasteiger partial charge is 0.258 e. The minimum Gasteiger partial charge on any atom is -0.258 e. The van der Waals surface area contributed by atoms with Crippen molar-refractivity contribution in [3.05, 3.63) is 70.9 Å². The van der Waals surface area contributed by atoms with Gasteiger partial charge >= 0.3 is 0 Å². The van der Waals surface area contributed by atoms with Gasteiger partial charge in [-0.2, -0.15) is 0 Å². The average molecular weight is 367 g/mol. The first kappa shape index (κ1) is 16.1. The number of fused-ring (bicyclic) bond motifs is 1. The van der Waals surface area contributed by atoms with Gasteiger partial charge in [0.15, 0.2) is 5.82 Å². The third-order valence-electron chi connectivity index (χ3n) is 3.87. The van der Waals surface area contributed by atoms with Crippen molar-refractivity contribution in [3.63, 3.8) is 0 Å². The number of H-pyrrole nitrogens is 1. The Morgan fingerprint density at radius 3 is 2.72 bits per heavy atom. The van der Waals surface area contributed by atoms with Gasteiger partial charge < -0.3 is 0 Å². The van der Waals surface area contributed by atoms with E-state index in [-0.39, 0.29) is 0 Å². The lowest BCUT2D eigenvalue weighted by Crippen LogP contribution is -1.90. The number of nitrogens with zero attached hydrogens (tertiary/aromatic N) is 3. The van der Waals surface area contributed by atoms with E-state index in [0.29, 0.717) is 16.1 Å². The molecule has 2 aromatic carbocycles. The van der Waals surface area contributed by atoms with Gasteiger partial charge in [-0.05, 0) is 24.6 Å². The van der Waals surface area contributed by atoms with Gasteiger partial charge in [0.1, 0.15) is 5.15 Å². The summed E-state index contributed by atoms with van der Waals surface area (Å²) in [7, 11) is 0. The Balaban J connectivity index is 1.53. The normalized spacial score (nSPS) is 11.1. The van der Waals surface area contributed by atoms with Crippen molar-refractivity contribution in [2.24, 2.45) is 0 Å². The summed E-state index contributed by atoms with van der Waals surface area (Å²) in [5.41, 5.74) is 4.09. The van der Waals surface area contributed by atoms with Crippen LogP contribution >= 0.6 is 23.4 Å². The second kappa shape index (κ2) is 6.86. The molecule has 0 saturated heterocycles.